The SMILES string of the molecule is Cl.O=C(O)C1NCCN1. The first-order valence-corrected chi connectivity index (χ1v) is 2.50. The molecule has 4 nitrogen and oxygen atoms in total. The number of aliphatic carboxylic acids is 1. The second kappa shape index (κ2) is 3.66. The van der Waals surface area contributed by atoms with Crippen LogP contribution in [0, 0.1) is 0 Å². The van der Waals surface area contributed by atoms with Gasteiger partial charge in [-0.1, -0.05) is 0 Å². The summed E-state index contributed by atoms with van der Waals surface area (Å²) in [5.74, 6) is -0.831. The third-order valence-electron chi connectivity index (χ3n) is 1.07. The van der Waals surface area contributed by atoms with E-state index < -0.39 is 12.1 Å². The summed E-state index contributed by atoms with van der Waals surface area (Å²) in [6.07, 6.45) is -0.519. The van der Waals surface area contributed by atoms with Gasteiger partial charge in [-0.2, -0.15) is 0 Å². The lowest BCUT2D eigenvalue weighted by Crippen LogP contribution is -2.38. The Bertz CT molecular complexity index is 103. The molecule has 1 rings (SSSR count). The maximum Gasteiger partial charge on any atom is 0.335 e. The van der Waals surface area contributed by atoms with Crippen LogP contribution in [0.3, 0.4) is 0 Å². The van der Waals surface area contributed by atoms with Crippen LogP contribution in [-0.4, -0.2) is 30.3 Å². The van der Waals surface area contributed by atoms with Gasteiger partial charge in [-0.3, -0.25) is 10.6 Å². The van der Waals surface area contributed by atoms with Gasteiger partial charge in [0.15, 0.2) is 6.17 Å². The highest BCUT2D eigenvalue weighted by Gasteiger charge is 2.19. The van der Waals surface area contributed by atoms with Gasteiger partial charge in [-0.25, -0.2) is 4.79 Å². The van der Waals surface area contributed by atoms with Crippen LogP contribution in [0.25, 0.3) is 0 Å². The van der Waals surface area contributed by atoms with Gasteiger partial charge in [0, 0.05) is 13.1 Å². The highest BCUT2D eigenvalue weighted by molar-refractivity contribution is 5.85. The molecule has 1 fully saturated rings. The monoisotopic (exact) mass is 152 g/mol. The number of halogens is 1. The second-order valence-corrected chi connectivity index (χ2v) is 1.68. The summed E-state index contributed by atoms with van der Waals surface area (Å²) in [5, 5.41) is 13.8. The summed E-state index contributed by atoms with van der Waals surface area (Å²) in [4.78, 5) is 10.1. The largest absolute Gasteiger partial charge is 0.479 e. The van der Waals surface area contributed by atoms with E-state index in [-0.39, 0.29) is 12.4 Å². The zero-order valence-corrected chi connectivity index (χ0v) is 5.57. The molecule has 3 N–H and O–H groups in total. The van der Waals surface area contributed by atoms with Crippen LogP contribution in [0.4, 0.5) is 0 Å². The molecule has 0 aromatic heterocycles. The molecule has 1 aliphatic rings. The van der Waals surface area contributed by atoms with Crippen molar-refractivity contribution in [3.05, 3.63) is 0 Å². The normalized spacial score (nSPS) is 19.1. The molecule has 5 heteroatoms. The fourth-order valence-corrected chi connectivity index (χ4v) is 0.680. The molecule has 0 aromatic rings. The standard InChI is InChI=1S/C4H8N2O2.ClH/c7-4(8)3-5-1-2-6-3;/h3,5-6H,1-2H2,(H,7,8);1H. The molecule has 1 aliphatic heterocycles. The number of carbonyl (C=O) groups is 1. The highest BCUT2D eigenvalue weighted by Crippen LogP contribution is 1.82. The Morgan fingerprint density at radius 2 is 1.89 bits per heavy atom. The van der Waals surface area contributed by atoms with Crippen molar-refractivity contribution in [1.82, 2.24) is 10.6 Å². The summed E-state index contributed by atoms with van der Waals surface area (Å²) in [6, 6.07) is 0. The predicted octanol–water partition coefficient (Wildman–Crippen LogP) is -0.988. The van der Waals surface area contributed by atoms with Crippen molar-refractivity contribution >= 4 is 18.4 Å². The molecule has 0 aliphatic carbocycles. The molecule has 0 amide bonds. The minimum absolute atomic E-state index is 0. The van der Waals surface area contributed by atoms with Gasteiger partial charge in [-0.15, -0.1) is 12.4 Å². The van der Waals surface area contributed by atoms with E-state index in [9.17, 15) is 4.79 Å². The first-order chi connectivity index (χ1) is 3.80. The van der Waals surface area contributed by atoms with Crippen LogP contribution in [-0.2, 0) is 4.79 Å². The van der Waals surface area contributed by atoms with E-state index >= 15 is 0 Å². The van der Waals surface area contributed by atoms with E-state index in [0.29, 0.717) is 0 Å². The molecule has 9 heavy (non-hydrogen) atoms. The van der Waals surface area contributed by atoms with Crippen molar-refractivity contribution in [3.8, 4) is 0 Å². The number of nitrogens with one attached hydrogen (secondary N) is 2. The van der Waals surface area contributed by atoms with Crippen LogP contribution in [0.15, 0.2) is 0 Å². The van der Waals surface area contributed by atoms with Gasteiger partial charge < -0.3 is 5.11 Å². The van der Waals surface area contributed by atoms with Crippen LogP contribution >= 0.6 is 12.4 Å². The Kier molecular flexibility index (Phi) is 3.53. The van der Waals surface area contributed by atoms with Crippen molar-refractivity contribution in [1.29, 1.82) is 0 Å². The number of carboxylic acids is 1. The number of rotatable bonds is 1. The molecule has 0 unspecified atom stereocenters. The molecular formula is C4H9ClN2O2. The quantitative estimate of drug-likeness (QED) is 0.452. The Morgan fingerprint density at radius 3 is 2.11 bits per heavy atom. The molecule has 1 saturated heterocycles. The highest BCUT2D eigenvalue weighted by atomic mass is 35.5. The maximum atomic E-state index is 10.1. The lowest BCUT2D eigenvalue weighted by molar-refractivity contribution is -0.139. The lowest BCUT2D eigenvalue weighted by atomic mass is 10.5. The van der Waals surface area contributed by atoms with Crippen molar-refractivity contribution in [3.63, 3.8) is 0 Å². The van der Waals surface area contributed by atoms with E-state index in [0.717, 1.165) is 13.1 Å². The van der Waals surface area contributed by atoms with Crippen LogP contribution in [0.1, 0.15) is 0 Å². The number of carboxylic acid groups (broad SMARTS) is 1. The third-order valence-corrected chi connectivity index (χ3v) is 1.07. The van der Waals surface area contributed by atoms with Gasteiger partial charge in [0.2, 0.25) is 0 Å². The molecule has 0 saturated carbocycles. The second-order valence-electron chi connectivity index (χ2n) is 1.68. The van der Waals surface area contributed by atoms with Crippen LogP contribution < -0.4 is 10.6 Å². The summed E-state index contributed by atoms with van der Waals surface area (Å²) in [7, 11) is 0. The van der Waals surface area contributed by atoms with E-state index in [1.807, 2.05) is 0 Å². The van der Waals surface area contributed by atoms with E-state index in [1.165, 1.54) is 0 Å². The fourth-order valence-electron chi connectivity index (χ4n) is 0.680. The average Bonchev–Trinajstić information content (AvgIpc) is 2.12. The van der Waals surface area contributed by atoms with Gasteiger partial charge in [0.05, 0.1) is 0 Å². The number of hydrogen-bond acceptors (Lipinski definition) is 3. The molecule has 0 aromatic carbocycles. The average molecular weight is 153 g/mol. The summed E-state index contributed by atoms with van der Waals surface area (Å²) < 4.78 is 0. The van der Waals surface area contributed by atoms with Crippen molar-refractivity contribution in [2.24, 2.45) is 0 Å². The smallest absolute Gasteiger partial charge is 0.335 e. The minimum Gasteiger partial charge on any atom is -0.479 e. The van der Waals surface area contributed by atoms with E-state index in [4.69, 9.17) is 5.11 Å². The summed E-state index contributed by atoms with van der Waals surface area (Å²) >= 11 is 0. The summed E-state index contributed by atoms with van der Waals surface area (Å²) in [5.41, 5.74) is 0. The van der Waals surface area contributed by atoms with Crippen LogP contribution in [0.2, 0.25) is 0 Å². The zero-order chi connectivity index (χ0) is 5.98. The number of hydrogen-bond donors (Lipinski definition) is 3. The van der Waals surface area contributed by atoms with Crippen molar-refractivity contribution in [2.75, 3.05) is 13.1 Å². The summed E-state index contributed by atoms with van der Waals surface area (Å²) in [6.45, 7) is 1.49. The first kappa shape index (κ1) is 8.68. The molecular weight excluding hydrogens is 144 g/mol. The molecule has 54 valence electrons. The molecule has 0 spiro atoms. The van der Waals surface area contributed by atoms with Crippen molar-refractivity contribution < 1.29 is 9.90 Å². The molecule has 0 bridgehead atoms. The molecule has 1 heterocycles. The minimum atomic E-state index is -0.831. The predicted molar refractivity (Wildman–Crippen MR) is 34.7 cm³/mol. The lowest BCUT2D eigenvalue weighted by Gasteiger charge is -2.00. The Balaban J connectivity index is 0.000000640. The Labute approximate surface area is 59.0 Å². The zero-order valence-electron chi connectivity index (χ0n) is 4.76. The molecule has 0 radical (unpaired) electrons. The van der Waals surface area contributed by atoms with Gasteiger partial charge in [-0.05, 0) is 0 Å². The molecule has 0 atom stereocenters. The Morgan fingerprint density at radius 1 is 1.44 bits per heavy atom. The van der Waals surface area contributed by atoms with Gasteiger partial charge in [0.1, 0.15) is 0 Å². The topological polar surface area (TPSA) is 61.4 Å². The van der Waals surface area contributed by atoms with E-state index in [1.54, 1.807) is 0 Å². The maximum absolute atomic E-state index is 10.1. The van der Waals surface area contributed by atoms with Crippen LogP contribution in [0.5, 0.6) is 0 Å². The first-order valence-electron chi connectivity index (χ1n) is 2.50. The Hall–Kier alpha value is -0.320. The van der Waals surface area contributed by atoms with E-state index in [2.05, 4.69) is 10.6 Å². The van der Waals surface area contributed by atoms with Gasteiger partial charge in [0.25, 0.3) is 0 Å². The van der Waals surface area contributed by atoms with Gasteiger partial charge >= 0.3 is 5.97 Å². The fraction of sp³-hybridized carbons (Fsp3) is 0.750. The van der Waals surface area contributed by atoms with Crippen molar-refractivity contribution in [2.45, 2.75) is 6.17 Å². The third kappa shape index (κ3) is 2.17.